The molecule has 2 atom stereocenters. The molecule has 0 spiro atoms. The molecule has 44 heavy (non-hydrogen) atoms. The summed E-state index contributed by atoms with van der Waals surface area (Å²) in [6.07, 6.45) is 15.8. The van der Waals surface area contributed by atoms with E-state index in [0.29, 0.717) is 11.8 Å². The van der Waals surface area contributed by atoms with Crippen LogP contribution in [0.2, 0.25) is 0 Å². The first-order valence-corrected chi connectivity index (χ1v) is 15.3. The molecule has 2 aliphatic carbocycles. The Labute approximate surface area is 262 Å². The maximum Gasteiger partial charge on any atom is 0.0711 e. The summed E-state index contributed by atoms with van der Waals surface area (Å²) in [7, 11) is 0. The van der Waals surface area contributed by atoms with Crippen LogP contribution < -0.4 is 0 Å². The van der Waals surface area contributed by atoms with Gasteiger partial charge in [0.15, 0.2) is 0 Å². The smallest absolute Gasteiger partial charge is 0.0711 e. The normalized spacial score (nSPS) is 17.8. The van der Waals surface area contributed by atoms with Crippen molar-refractivity contribution >= 4 is 17.0 Å². The lowest BCUT2D eigenvalue weighted by molar-refractivity contribution is 0.562. The maximum absolute atomic E-state index is 5.13. The van der Waals surface area contributed by atoms with Gasteiger partial charge < -0.3 is 0 Å². The molecular formula is C43H37N. The van der Waals surface area contributed by atoms with Crippen molar-refractivity contribution in [3.63, 3.8) is 0 Å². The van der Waals surface area contributed by atoms with Crippen molar-refractivity contribution in [1.82, 2.24) is 0 Å². The average molecular weight is 568 g/mol. The second kappa shape index (κ2) is 13.4. The van der Waals surface area contributed by atoms with Crippen LogP contribution in [-0.2, 0) is 0 Å². The topological polar surface area (TPSA) is 12.4 Å². The first kappa shape index (κ1) is 28.9. The summed E-state index contributed by atoms with van der Waals surface area (Å²) in [5.41, 5.74) is 15.1. The SMILES string of the molecule is C=C=C(C(=C)/C=C(\N=C(C)c1ccc(-c2ccccc2C2C=C3C=CC=CC3CC2)cc1)c1ccccc1)c1ccccc1. The Morgan fingerprint density at radius 2 is 1.41 bits per heavy atom. The summed E-state index contributed by atoms with van der Waals surface area (Å²) >= 11 is 0. The van der Waals surface area contributed by atoms with Crippen LogP contribution in [0.5, 0.6) is 0 Å². The number of allylic oxidation sites excluding steroid dienone is 9. The molecule has 0 aromatic heterocycles. The number of nitrogens with zero attached hydrogens (tertiary/aromatic N) is 1. The molecule has 0 N–H and O–H groups in total. The van der Waals surface area contributed by atoms with E-state index >= 15 is 0 Å². The molecule has 1 nitrogen and oxygen atoms in total. The highest BCUT2D eigenvalue weighted by atomic mass is 14.8. The molecule has 4 aromatic rings. The predicted octanol–water partition coefficient (Wildman–Crippen LogP) is 11.2. The lowest BCUT2D eigenvalue weighted by atomic mass is 9.76. The second-order valence-electron chi connectivity index (χ2n) is 11.4. The molecule has 0 radical (unpaired) electrons. The predicted molar refractivity (Wildman–Crippen MR) is 188 cm³/mol. The fourth-order valence-corrected chi connectivity index (χ4v) is 6.21. The number of benzene rings is 4. The summed E-state index contributed by atoms with van der Waals surface area (Å²) in [6.45, 7) is 10.4. The van der Waals surface area contributed by atoms with Crippen molar-refractivity contribution in [3.05, 3.63) is 198 Å². The molecule has 6 rings (SSSR count). The molecule has 4 aromatic carbocycles. The zero-order chi connectivity index (χ0) is 30.3. The minimum absolute atomic E-state index is 0.425. The highest BCUT2D eigenvalue weighted by Crippen LogP contribution is 2.40. The van der Waals surface area contributed by atoms with Crippen molar-refractivity contribution in [2.24, 2.45) is 10.9 Å². The van der Waals surface area contributed by atoms with Gasteiger partial charge in [-0.2, -0.15) is 0 Å². The van der Waals surface area contributed by atoms with E-state index in [-0.39, 0.29) is 0 Å². The molecule has 2 unspecified atom stereocenters. The minimum Gasteiger partial charge on any atom is -0.252 e. The molecule has 0 fully saturated rings. The van der Waals surface area contributed by atoms with Crippen molar-refractivity contribution in [3.8, 4) is 11.1 Å². The van der Waals surface area contributed by atoms with E-state index in [1.807, 2.05) is 42.5 Å². The lowest BCUT2D eigenvalue weighted by Crippen LogP contribution is -2.12. The van der Waals surface area contributed by atoms with Gasteiger partial charge in [-0.05, 0) is 64.8 Å². The van der Waals surface area contributed by atoms with Crippen LogP contribution in [0.25, 0.3) is 22.4 Å². The highest BCUT2D eigenvalue weighted by Gasteiger charge is 2.23. The Hall–Kier alpha value is -5.23. The fourth-order valence-electron chi connectivity index (χ4n) is 6.21. The van der Waals surface area contributed by atoms with Gasteiger partial charge in [0.1, 0.15) is 0 Å². The van der Waals surface area contributed by atoms with Gasteiger partial charge in [0, 0.05) is 28.7 Å². The van der Waals surface area contributed by atoms with Crippen LogP contribution in [0.4, 0.5) is 0 Å². The van der Waals surface area contributed by atoms with E-state index in [9.17, 15) is 0 Å². The summed E-state index contributed by atoms with van der Waals surface area (Å²) in [5.74, 6) is 0.989. The van der Waals surface area contributed by atoms with Gasteiger partial charge in [0.25, 0.3) is 0 Å². The summed E-state index contributed by atoms with van der Waals surface area (Å²) < 4.78 is 0. The fraction of sp³-hybridized carbons (Fsp3) is 0.116. The molecule has 0 amide bonds. The van der Waals surface area contributed by atoms with Crippen LogP contribution in [0.1, 0.15) is 47.9 Å². The van der Waals surface area contributed by atoms with E-state index in [1.54, 1.807) is 0 Å². The van der Waals surface area contributed by atoms with Crippen molar-refractivity contribution in [1.29, 1.82) is 0 Å². The monoisotopic (exact) mass is 567 g/mol. The van der Waals surface area contributed by atoms with Crippen molar-refractivity contribution in [2.45, 2.75) is 25.7 Å². The van der Waals surface area contributed by atoms with Crippen LogP contribution in [0.15, 0.2) is 181 Å². The zero-order valence-electron chi connectivity index (χ0n) is 25.3. The Kier molecular flexibility index (Phi) is 8.78. The van der Waals surface area contributed by atoms with E-state index in [2.05, 4.69) is 129 Å². The van der Waals surface area contributed by atoms with Gasteiger partial charge >= 0.3 is 0 Å². The molecule has 2 aliphatic rings. The Morgan fingerprint density at radius 1 is 0.750 bits per heavy atom. The van der Waals surface area contributed by atoms with E-state index in [0.717, 1.165) is 39.2 Å². The van der Waals surface area contributed by atoms with Gasteiger partial charge in [-0.15, -0.1) is 5.73 Å². The van der Waals surface area contributed by atoms with Gasteiger partial charge in [0.05, 0.1) is 5.70 Å². The van der Waals surface area contributed by atoms with Gasteiger partial charge in [-0.1, -0.05) is 153 Å². The van der Waals surface area contributed by atoms with Gasteiger partial charge in [-0.25, -0.2) is 0 Å². The van der Waals surface area contributed by atoms with Gasteiger partial charge in [0.2, 0.25) is 0 Å². The van der Waals surface area contributed by atoms with Crippen molar-refractivity contribution < 1.29 is 0 Å². The highest BCUT2D eigenvalue weighted by molar-refractivity contribution is 6.02. The standard InChI is InChI=1S/C43H37N/c1-4-40(35-16-7-5-8-17-35)31(2)29-43(37-18-9-6-10-19-37)44-32(3)33-23-26-36(27-24-33)41-21-13-14-22-42(41)39-28-25-34-15-11-12-20-38(34)30-39/h5-24,26-27,29-30,34,39H,1-2,25,28H2,3H3/b43-29-,44-32?. The minimum atomic E-state index is 0.425. The molecular weight excluding hydrogens is 530 g/mol. The summed E-state index contributed by atoms with van der Waals surface area (Å²) in [6, 6.07) is 38.1. The molecule has 0 bridgehead atoms. The Bertz CT molecular complexity index is 1850. The number of hydrogen-bond acceptors (Lipinski definition) is 1. The Morgan fingerprint density at radius 3 is 2.14 bits per heavy atom. The quantitative estimate of drug-likeness (QED) is 0.114. The summed E-state index contributed by atoms with van der Waals surface area (Å²) in [4.78, 5) is 5.13. The molecule has 0 aliphatic heterocycles. The number of hydrogen-bond donors (Lipinski definition) is 0. The number of fused-ring (bicyclic) bond motifs is 1. The third kappa shape index (κ3) is 6.40. The van der Waals surface area contributed by atoms with Crippen LogP contribution >= 0.6 is 0 Å². The van der Waals surface area contributed by atoms with Gasteiger partial charge in [-0.3, -0.25) is 4.99 Å². The van der Waals surface area contributed by atoms with E-state index in [1.165, 1.54) is 35.1 Å². The summed E-state index contributed by atoms with van der Waals surface area (Å²) in [5, 5.41) is 0. The average Bonchev–Trinajstić information content (AvgIpc) is 3.09. The number of rotatable bonds is 8. The van der Waals surface area contributed by atoms with Crippen LogP contribution in [0, 0.1) is 5.92 Å². The Balaban J connectivity index is 1.30. The third-order valence-electron chi connectivity index (χ3n) is 8.56. The maximum atomic E-state index is 5.13. The first-order chi connectivity index (χ1) is 21.6. The second-order valence-corrected chi connectivity index (χ2v) is 11.4. The van der Waals surface area contributed by atoms with Crippen molar-refractivity contribution in [2.75, 3.05) is 0 Å². The first-order valence-electron chi connectivity index (χ1n) is 15.3. The molecule has 214 valence electrons. The lowest BCUT2D eigenvalue weighted by Gasteiger charge is -2.28. The molecule has 0 heterocycles. The molecule has 0 saturated heterocycles. The van der Waals surface area contributed by atoms with Crippen LogP contribution in [0.3, 0.4) is 0 Å². The van der Waals surface area contributed by atoms with E-state index < -0.39 is 0 Å². The largest absolute Gasteiger partial charge is 0.252 e. The molecule has 0 saturated carbocycles. The van der Waals surface area contributed by atoms with E-state index in [4.69, 9.17) is 4.99 Å². The van der Waals surface area contributed by atoms with Crippen LogP contribution in [-0.4, -0.2) is 5.71 Å². The zero-order valence-corrected chi connectivity index (χ0v) is 25.3. The number of aliphatic imine (C=N–C) groups is 1. The molecule has 1 heteroatoms. The third-order valence-corrected chi connectivity index (χ3v) is 8.56.